The first kappa shape index (κ1) is 23.9. The van der Waals surface area contributed by atoms with E-state index in [1.807, 2.05) is 18.2 Å². The molecule has 0 saturated carbocycles. The lowest BCUT2D eigenvalue weighted by Gasteiger charge is -2.30. The largest absolute Gasteiger partial charge is 0.366 e. The molecule has 1 aliphatic heterocycles. The molecule has 0 aromatic heterocycles. The van der Waals surface area contributed by atoms with Crippen molar-refractivity contribution in [3.8, 4) is 0 Å². The first-order valence-electron chi connectivity index (χ1n) is 10.9. The summed E-state index contributed by atoms with van der Waals surface area (Å²) in [5.41, 5.74) is 7.76. The standard InChI is InChI=1S/C24H31N3O4S/c1-17(2)19-6-8-22(9-7-19)32(30,31)27-14-11-20(12-15-27)24(29)26-13-10-18-4-3-5-21(16-18)23(25)28/h3-9,16-17,20H,10-15H2,1-2H3,(H2,25,28)(H,26,29). The van der Waals surface area contributed by atoms with Crippen LogP contribution in [0.15, 0.2) is 53.4 Å². The van der Waals surface area contributed by atoms with Crippen molar-refractivity contribution < 1.29 is 18.0 Å². The van der Waals surface area contributed by atoms with Gasteiger partial charge in [0.2, 0.25) is 21.8 Å². The average molecular weight is 458 g/mol. The van der Waals surface area contributed by atoms with Gasteiger partial charge in [0.05, 0.1) is 4.90 Å². The van der Waals surface area contributed by atoms with E-state index in [-0.39, 0.29) is 11.8 Å². The van der Waals surface area contributed by atoms with Crippen molar-refractivity contribution in [1.82, 2.24) is 9.62 Å². The highest BCUT2D eigenvalue weighted by Gasteiger charge is 2.32. The first-order valence-corrected chi connectivity index (χ1v) is 12.4. The summed E-state index contributed by atoms with van der Waals surface area (Å²) in [6, 6.07) is 14.1. The summed E-state index contributed by atoms with van der Waals surface area (Å²) in [6.07, 6.45) is 1.57. The molecule has 0 atom stereocenters. The van der Waals surface area contributed by atoms with E-state index in [0.29, 0.717) is 55.3 Å². The molecule has 0 aliphatic carbocycles. The van der Waals surface area contributed by atoms with Crippen molar-refractivity contribution in [3.63, 3.8) is 0 Å². The molecule has 2 amide bonds. The third-order valence-electron chi connectivity index (χ3n) is 5.93. The van der Waals surface area contributed by atoms with Crippen LogP contribution >= 0.6 is 0 Å². The summed E-state index contributed by atoms with van der Waals surface area (Å²) < 4.78 is 27.4. The number of piperidine rings is 1. The number of primary amides is 1. The molecule has 0 unspecified atom stereocenters. The Morgan fingerprint density at radius 2 is 1.75 bits per heavy atom. The second-order valence-electron chi connectivity index (χ2n) is 8.51. The fourth-order valence-corrected chi connectivity index (χ4v) is 5.36. The van der Waals surface area contributed by atoms with Gasteiger partial charge in [0.25, 0.3) is 0 Å². The predicted molar refractivity (Wildman–Crippen MR) is 124 cm³/mol. The summed E-state index contributed by atoms with van der Waals surface area (Å²) >= 11 is 0. The average Bonchev–Trinajstić information content (AvgIpc) is 2.79. The molecule has 2 aromatic rings. The van der Waals surface area contributed by atoms with Gasteiger partial charge in [0.15, 0.2) is 0 Å². The van der Waals surface area contributed by atoms with Gasteiger partial charge in [-0.25, -0.2) is 8.42 Å². The molecule has 172 valence electrons. The van der Waals surface area contributed by atoms with Gasteiger partial charge in [-0.2, -0.15) is 4.31 Å². The number of benzene rings is 2. The Bertz CT molecular complexity index is 1060. The van der Waals surface area contributed by atoms with Crippen molar-refractivity contribution in [2.24, 2.45) is 11.7 Å². The van der Waals surface area contributed by atoms with E-state index in [0.717, 1.165) is 11.1 Å². The molecule has 3 N–H and O–H groups in total. The molecule has 1 aliphatic rings. The number of nitrogens with two attached hydrogens (primary N) is 1. The molecule has 1 saturated heterocycles. The Morgan fingerprint density at radius 1 is 1.09 bits per heavy atom. The van der Waals surface area contributed by atoms with Crippen molar-refractivity contribution >= 4 is 21.8 Å². The van der Waals surface area contributed by atoms with Crippen LogP contribution in [-0.2, 0) is 21.2 Å². The van der Waals surface area contributed by atoms with Gasteiger partial charge >= 0.3 is 0 Å². The maximum atomic E-state index is 12.9. The van der Waals surface area contributed by atoms with E-state index in [1.54, 1.807) is 30.3 Å². The number of amides is 2. The second kappa shape index (κ2) is 10.3. The van der Waals surface area contributed by atoms with Crippen LogP contribution in [0.25, 0.3) is 0 Å². The lowest BCUT2D eigenvalue weighted by molar-refractivity contribution is -0.126. The van der Waals surface area contributed by atoms with E-state index in [4.69, 9.17) is 5.73 Å². The summed E-state index contributed by atoms with van der Waals surface area (Å²) in [5.74, 6) is -0.405. The highest BCUT2D eigenvalue weighted by molar-refractivity contribution is 7.89. The lowest BCUT2D eigenvalue weighted by Crippen LogP contribution is -2.43. The molecular formula is C24H31N3O4S. The molecular weight excluding hydrogens is 426 g/mol. The van der Waals surface area contributed by atoms with E-state index < -0.39 is 15.9 Å². The van der Waals surface area contributed by atoms with Gasteiger partial charge in [-0.3, -0.25) is 9.59 Å². The quantitative estimate of drug-likeness (QED) is 0.635. The summed E-state index contributed by atoms with van der Waals surface area (Å²) in [7, 11) is -3.55. The van der Waals surface area contributed by atoms with Crippen LogP contribution in [0.3, 0.4) is 0 Å². The van der Waals surface area contributed by atoms with Crippen LogP contribution in [-0.4, -0.2) is 44.2 Å². The molecule has 8 heteroatoms. The Balaban J connectivity index is 1.49. The minimum Gasteiger partial charge on any atom is -0.366 e. The Labute approximate surface area is 190 Å². The molecule has 32 heavy (non-hydrogen) atoms. The van der Waals surface area contributed by atoms with Crippen LogP contribution in [0.2, 0.25) is 0 Å². The highest BCUT2D eigenvalue weighted by Crippen LogP contribution is 2.25. The third-order valence-corrected chi connectivity index (χ3v) is 7.85. The number of hydrogen-bond donors (Lipinski definition) is 2. The Kier molecular flexibility index (Phi) is 7.69. The number of carbonyl (C=O) groups excluding carboxylic acids is 2. The maximum Gasteiger partial charge on any atom is 0.248 e. The first-order chi connectivity index (χ1) is 15.2. The molecule has 0 radical (unpaired) electrons. The van der Waals surface area contributed by atoms with Crippen LogP contribution in [0.4, 0.5) is 0 Å². The van der Waals surface area contributed by atoms with Gasteiger partial charge in [-0.1, -0.05) is 38.1 Å². The van der Waals surface area contributed by atoms with E-state index >= 15 is 0 Å². The number of nitrogens with one attached hydrogen (secondary N) is 1. The van der Waals surface area contributed by atoms with Crippen LogP contribution in [0.1, 0.15) is 54.1 Å². The smallest absolute Gasteiger partial charge is 0.248 e. The molecule has 7 nitrogen and oxygen atoms in total. The maximum absolute atomic E-state index is 12.9. The van der Waals surface area contributed by atoms with Gasteiger partial charge in [0.1, 0.15) is 0 Å². The number of sulfonamides is 1. The van der Waals surface area contributed by atoms with Crippen molar-refractivity contribution in [2.75, 3.05) is 19.6 Å². The summed E-state index contributed by atoms with van der Waals surface area (Å²) in [4.78, 5) is 24.1. The molecule has 1 heterocycles. The molecule has 0 bridgehead atoms. The number of rotatable bonds is 8. The van der Waals surface area contributed by atoms with Gasteiger partial charge in [-0.15, -0.1) is 0 Å². The minimum atomic E-state index is -3.55. The highest BCUT2D eigenvalue weighted by atomic mass is 32.2. The second-order valence-corrected chi connectivity index (χ2v) is 10.4. The normalized spacial score (nSPS) is 15.6. The van der Waals surface area contributed by atoms with E-state index in [2.05, 4.69) is 19.2 Å². The van der Waals surface area contributed by atoms with E-state index in [9.17, 15) is 18.0 Å². The summed E-state index contributed by atoms with van der Waals surface area (Å²) in [6.45, 7) is 5.23. The van der Waals surface area contributed by atoms with Gasteiger partial charge < -0.3 is 11.1 Å². The topological polar surface area (TPSA) is 110 Å². The predicted octanol–water partition coefficient (Wildman–Crippen LogP) is 2.67. The van der Waals surface area contributed by atoms with Gasteiger partial charge in [0, 0.05) is 31.1 Å². The van der Waals surface area contributed by atoms with Crippen molar-refractivity contribution in [1.29, 1.82) is 0 Å². The zero-order chi connectivity index (χ0) is 23.3. The lowest BCUT2D eigenvalue weighted by atomic mass is 9.97. The van der Waals surface area contributed by atoms with Crippen molar-refractivity contribution in [2.45, 2.75) is 43.9 Å². The zero-order valence-corrected chi connectivity index (χ0v) is 19.4. The van der Waals surface area contributed by atoms with Crippen LogP contribution in [0, 0.1) is 5.92 Å². The number of nitrogens with zero attached hydrogens (tertiary/aromatic N) is 1. The monoisotopic (exact) mass is 457 g/mol. The van der Waals surface area contributed by atoms with Crippen molar-refractivity contribution in [3.05, 3.63) is 65.2 Å². The molecule has 1 fully saturated rings. The molecule has 2 aromatic carbocycles. The number of hydrogen-bond acceptors (Lipinski definition) is 4. The van der Waals surface area contributed by atoms with Gasteiger partial charge in [-0.05, 0) is 60.6 Å². The fourth-order valence-electron chi connectivity index (χ4n) is 3.89. The molecule has 0 spiro atoms. The van der Waals surface area contributed by atoms with Crippen LogP contribution in [0.5, 0.6) is 0 Å². The fraction of sp³-hybridized carbons (Fsp3) is 0.417. The number of carbonyl (C=O) groups is 2. The SMILES string of the molecule is CC(C)c1ccc(S(=O)(=O)N2CCC(C(=O)NCCc3cccc(C(N)=O)c3)CC2)cc1. The summed E-state index contributed by atoms with van der Waals surface area (Å²) in [5, 5.41) is 2.93. The molecule has 3 rings (SSSR count). The zero-order valence-electron chi connectivity index (χ0n) is 18.6. The van der Waals surface area contributed by atoms with Crippen LogP contribution < -0.4 is 11.1 Å². The van der Waals surface area contributed by atoms with E-state index in [1.165, 1.54) is 4.31 Å². The third kappa shape index (κ3) is 5.75. The Hall–Kier alpha value is -2.71. The minimum absolute atomic E-state index is 0.0607. The Morgan fingerprint density at radius 3 is 2.34 bits per heavy atom.